The Labute approximate surface area is 168 Å². The summed E-state index contributed by atoms with van der Waals surface area (Å²) >= 11 is 0. The van der Waals surface area contributed by atoms with Gasteiger partial charge in [0.2, 0.25) is 5.91 Å². The van der Waals surface area contributed by atoms with Crippen molar-refractivity contribution >= 4 is 28.1 Å². The fourth-order valence-corrected chi connectivity index (χ4v) is 3.37. The molecule has 150 valence electrons. The minimum atomic E-state index is -0.0708. The Hall–Kier alpha value is -2.62. The van der Waals surface area contributed by atoms with Crippen molar-refractivity contribution < 1.29 is 9.53 Å². The van der Waals surface area contributed by atoms with Crippen molar-refractivity contribution in [3.8, 4) is 5.75 Å². The number of allylic oxidation sites excluding steroid dienone is 3. The molecule has 1 aromatic carbocycles. The maximum atomic E-state index is 12.5. The standard InChI is InChI=1S/C24H32N2O2/c1-9-10-11-18(15(2)3)20-12-19-17(6)22(26(7)24(27)16(4)5)14-25-21(19)13-23(20)28-8/h11-14,16H,2,9-10H2,1,3-8H3/b18-11+. The van der Waals surface area contributed by atoms with E-state index in [2.05, 4.69) is 30.6 Å². The fourth-order valence-electron chi connectivity index (χ4n) is 3.37. The normalized spacial score (nSPS) is 11.8. The molecule has 4 heteroatoms. The van der Waals surface area contributed by atoms with Crippen molar-refractivity contribution in [3.05, 3.63) is 47.7 Å². The summed E-state index contributed by atoms with van der Waals surface area (Å²) in [7, 11) is 3.49. The van der Waals surface area contributed by atoms with Crippen molar-refractivity contribution in [1.82, 2.24) is 4.98 Å². The number of benzene rings is 1. The molecule has 0 unspecified atom stereocenters. The van der Waals surface area contributed by atoms with E-state index in [1.807, 2.05) is 40.8 Å². The summed E-state index contributed by atoms with van der Waals surface area (Å²) in [5, 5.41) is 1.01. The summed E-state index contributed by atoms with van der Waals surface area (Å²) in [6.45, 7) is 14.2. The van der Waals surface area contributed by atoms with E-state index < -0.39 is 0 Å². The zero-order valence-corrected chi connectivity index (χ0v) is 18.2. The van der Waals surface area contributed by atoms with Gasteiger partial charge in [0, 0.05) is 30.0 Å². The first kappa shape index (κ1) is 21.7. The number of rotatable bonds is 7. The van der Waals surface area contributed by atoms with Crippen molar-refractivity contribution in [1.29, 1.82) is 0 Å². The average Bonchev–Trinajstić information content (AvgIpc) is 2.66. The van der Waals surface area contributed by atoms with Crippen LogP contribution in [0.4, 0.5) is 5.69 Å². The number of hydrogen-bond donors (Lipinski definition) is 0. The van der Waals surface area contributed by atoms with Gasteiger partial charge < -0.3 is 9.64 Å². The second-order valence-electron chi connectivity index (χ2n) is 7.58. The quantitative estimate of drug-likeness (QED) is 0.559. The zero-order valence-electron chi connectivity index (χ0n) is 18.2. The Kier molecular flexibility index (Phi) is 7.00. The number of unbranched alkanes of at least 4 members (excludes halogenated alkanes) is 1. The van der Waals surface area contributed by atoms with E-state index >= 15 is 0 Å². The summed E-state index contributed by atoms with van der Waals surface area (Å²) in [4.78, 5) is 18.8. The number of fused-ring (bicyclic) bond motifs is 1. The van der Waals surface area contributed by atoms with Crippen molar-refractivity contribution in [2.45, 2.75) is 47.5 Å². The Morgan fingerprint density at radius 3 is 2.57 bits per heavy atom. The summed E-state index contributed by atoms with van der Waals surface area (Å²) < 4.78 is 5.67. The number of pyridine rings is 1. The maximum absolute atomic E-state index is 12.5. The number of aryl methyl sites for hydroxylation is 1. The number of carbonyl (C=O) groups is 1. The number of methoxy groups -OCH3 is 1. The van der Waals surface area contributed by atoms with Crippen LogP contribution in [0.5, 0.6) is 5.75 Å². The number of carbonyl (C=O) groups excluding carboxylic acids is 1. The Morgan fingerprint density at radius 1 is 1.36 bits per heavy atom. The third-order valence-corrected chi connectivity index (χ3v) is 5.00. The molecule has 28 heavy (non-hydrogen) atoms. The van der Waals surface area contributed by atoms with Gasteiger partial charge in [-0.05, 0) is 37.5 Å². The molecule has 0 bridgehead atoms. The fraction of sp³-hybridized carbons (Fsp3) is 0.417. The van der Waals surface area contributed by atoms with E-state index in [0.29, 0.717) is 0 Å². The molecule has 2 aromatic rings. The number of hydrogen-bond acceptors (Lipinski definition) is 3. The molecule has 0 aliphatic carbocycles. The van der Waals surface area contributed by atoms with Crippen LogP contribution in [0.3, 0.4) is 0 Å². The third kappa shape index (κ3) is 4.27. The van der Waals surface area contributed by atoms with Crippen molar-refractivity contribution in [2.75, 3.05) is 19.1 Å². The predicted octanol–water partition coefficient (Wildman–Crippen LogP) is 5.93. The highest BCUT2D eigenvalue weighted by atomic mass is 16.5. The zero-order chi connectivity index (χ0) is 21.0. The van der Waals surface area contributed by atoms with Crippen LogP contribution in [0, 0.1) is 12.8 Å². The molecule has 0 aliphatic heterocycles. The lowest BCUT2D eigenvalue weighted by atomic mass is 9.94. The van der Waals surface area contributed by atoms with Crippen LogP contribution in [0.1, 0.15) is 51.7 Å². The molecule has 2 rings (SSSR count). The first-order valence-corrected chi connectivity index (χ1v) is 9.84. The highest BCUT2D eigenvalue weighted by Gasteiger charge is 2.19. The average molecular weight is 381 g/mol. The van der Waals surface area contributed by atoms with Crippen LogP contribution in [-0.2, 0) is 4.79 Å². The van der Waals surface area contributed by atoms with Crippen LogP contribution in [-0.4, -0.2) is 25.0 Å². The van der Waals surface area contributed by atoms with Gasteiger partial charge in [-0.15, -0.1) is 0 Å². The Bertz CT molecular complexity index is 926. The Balaban J connectivity index is 2.72. The van der Waals surface area contributed by atoms with E-state index in [-0.39, 0.29) is 11.8 Å². The van der Waals surface area contributed by atoms with Crippen molar-refractivity contribution in [3.63, 3.8) is 0 Å². The SMILES string of the molecule is C=C(C)/C(=C\CCC)c1cc2c(C)c(N(C)C(=O)C(C)C)cnc2cc1OC. The predicted molar refractivity (Wildman–Crippen MR) is 119 cm³/mol. The number of nitrogens with zero attached hydrogens (tertiary/aromatic N) is 2. The summed E-state index contributed by atoms with van der Waals surface area (Å²) in [5.74, 6) is 0.783. The second kappa shape index (κ2) is 9.05. The molecule has 0 N–H and O–H groups in total. The van der Waals surface area contributed by atoms with E-state index in [1.165, 1.54) is 0 Å². The molecule has 0 atom stereocenters. The lowest BCUT2D eigenvalue weighted by Crippen LogP contribution is -2.30. The summed E-state index contributed by atoms with van der Waals surface area (Å²) in [6.07, 6.45) is 6.03. The minimum absolute atomic E-state index is 0.0708. The molecule has 0 spiro atoms. The molecule has 4 nitrogen and oxygen atoms in total. The topological polar surface area (TPSA) is 42.4 Å². The number of amides is 1. The van der Waals surface area contributed by atoms with E-state index in [1.54, 1.807) is 18.2 Å². The minimum Gasteiger partial charge on any atom is -0.496 e. The summed E-state index contributed by atoms with van der Waals surface area (Å²) in [5.41, 5.74) is 5.82. The van der Waals surface area contributed by atoms with Gasteiger partial charge in [-0.2, -0.15) is 0 Å². The molecule has 0 aliphatic rings. The van der Waals surface area contributed by atoms with Gasteiger partial charge in [0.25, 0.3) is 0 Å². The highest BCUT2D eigenvalue weighted by Crippen LogP contribution is 2.37. The first-order valence-electron chi connectivity index (χ1n) is 9.84. The second-order valence-corrected chi connectivity index (χ2v) is 7.58. The van der Waals surface area contributed by atoms with E-state index in [4.69, 9.17) is 4.74 Å². The van der Waals surface area contributed by atoms with Crippen LogP contribution in [0.25, 0.3) is 16.5 Å². The molecule has 0 saturated carbocycles. The molecule has 0 fully saturated rings. The highest BCUT2D eigenvalue weighted by molar-refractivity contribution is 5.99. The maximum Gasteiger partial charge on any atom is 0.229 e. The van der Waals surface area contributed by atoms with E-state index in [9.17, 15) is 4.79 Å². The monoisotopic (exact) mass is 380 g/mol. The molecule has 1 heterocycles. The van der Waals surface area contributed by atoms with Crippen LogP contribution in [0.15, 0.2) is 36.6 Å². The van der Waals surface area contributed by atoms with Gasteiger partial charge in [0.05, 0.1) is 24.5 Å². The van der Waals surface area contributed by atoms with Crippen LogP contribution < -0.4 is 9.64 Å². The smallest absolute Gasteiger partial charge is 0.229 e. The number of anilines is 1. The molecular weight excluding hydrogens is 348 g/mol. The number of aromatic nitrogens is 1. The molecular formula is C24H32N2O2. The molecule has 0 saturated heterocycles. The van der Waals surface area contributed by atoms with Gasteiger partial charge in [-0.25, -0.2) is 0 Å². The van der Waals surface area contributed by atoms with Crippen molar-refractivity contribution in [2.24, 2.45) is 5.92 Å². The number of ether oxygens (including phenoxy) is 1. The summed E-state index contributed by atoms with van der Waals surface area (Å²) in [6, 6.07) is 4.08. The third-order valence-electron chi connectivity index (χ3n) is 5.00. The van der Waals surface area contributed by atoms with E-state index in [0.717, 1.165) is 57.5 Å². The van der Waals surface area contributed by atoms with Gasteiger partial charge in [0.15, 0.2) is 0 Å². The molecule has 1 amide bonds. The largest absolute Gasteiger partial charge is 0.496 e. The van der Waals surface area contributed by atoms with Gasteiger partial charge in [0.1, 0.15) is 5.75 Å². The lowest BCUT2D eigenvalue weighted by Gasteiger charge is -2.22. The van der Waals surface area contributed by atoms with Gasteiger partial charge >= 0.3 is 0 Å². The lowest BCUT2D eigenvalue weighted by molar-refractivity contribution is -0.121. The molecule has 0 radical (unpaired) electrons. The van der Waals surface area contributed by atoms with Crippen LogP contribution in [0.2, 0.25) is 0 Å². The van der Waals surface area contributed by atoms with Gasteiger partial charge in [-0.1, -0.05) is 45.4 Å². The van der Waals surface area contributed by atoms with Crippen LogP contribution >= 0.6 is 0 Å². The first-order chi connectivity index (χ1) is 13.2. The Morgan fingerprint density at radius 2 is 2.04 bits per heavy atom. The molecule has 1 aromatic heterocycles. The van der Waals surface area contributed by atoms with Gasteiger partial charge in [-0.3, -0.25) is 9.78 Å².